The molecular weight excluding hydrogens is 484 g/mol. The first kappa shape index (κ1) is 26.3. The van der Waals surface area contributed by atoms with E-state index in [1.54, 1.807) is 69.2 Å². The lowest BCUT2D eigenvalue weighted by molar-refractivity contribution is 0.0515. The van der Waals surface area contributed by atoms with E-state index >= 15 is 0 Å². The molecule has 1 N–H and O–H groups in total. The Balaban J connectivity index is 1.87. The molecule has 0 radical (unpaired) electrons. The molecule has 4 rings (SSSR count). The monoisotopic (exact) mass is 514 g/mol. The number of esters is 1. The smallest absolute Gasteiger partial charge is 0.357 e. The van der Waals surface area contributed by atoms with Gasteiger partial charge in [-0.3, -0.25) is 4.79 Å². The summed E-state index contributed by atoms with van der Waals surface area (Å²) in [4.78, 5) is 26.7. The Morgan fingerprint density at radius 1 is 0.842 bits per heavy atom. The second-order valence-electron chi connectivity index (χ2n) is 8.35. The Labute approximate surface area is 221 Å². The van der Waals surface area contributed by atoms with Crippen molar-refractivity contribution in [3.63, 3.8) is 0 Å². The lowest BCUT2D eigenvalue weighted by Crippen LogP contribution is -2.18. The SMILES string of the molecule is CCOC(=O)c1c(NC(=O)c2ccc(OC)cc2)c(-c2ccc(OC)c(OC)c2)cn1Cc1ccccc1. The molecule has 0 saturated carbocycles. The molecule has 0 bridgehead atoms. The predicted octanol–water partition coefficient (Wildman–Crippen LogP) is 5.66. The third-order valence-corrected chi connectivity index (χ3v) is 6.03. The molecule has 0 spiro atoms. The zero-order valence-electron chi connectivity index (χ0n) is 21.8. The molecule has 0 aliphatic rings. The molecule has 0 atom stereocenters. The van der Waals surface area contributed by atoms with E-state index in [0.29, 0.717) is 40.6 Å². The van der Waals surface area contributed by atoms with Crippen molar-refractivity contribution in [1.29, 1.82) is 0 Å². The number of methoxy groups -OCH3 is 3. The highest BCUT2D eigenvalue weighted by Crippen LogP contribution is 2.39. The highest BCUT2D eigenvalue weighted by atomic mass is 16.5. The third-order valence-electron chi connectivity index (χ3n) is 6.03. The van der Waals surface area contributed by atoms with Gasteiger partial charge in [0.2, 0.25) is 0 Å². The highest BCUT2D eigenvalue weighted by Gasteiger charge is 2.26. The number of nitrogens with zero attached hydrogens (tertiary/aromatic N) is 1. The molecule has 0 aliphatic carbocycles. The lowest BCUT2D eigenvalue weighted by Gasteiger charge is -2.13. The summed E-state index contributed by atoms with van der Waals surface area (Å²) in [7, 11) is 4.68. The van der Waals surface area contributed by atoms with E-state index in [2.05, 4.69) is 5.32 Å². The Morgan fingerprint density at radius 2 is 1.55 bits per heavy atom. The van der Waals surface area contributed by atoms with Crippen LogP contribution < -0.4 is 19.5 Å². The van der Waals surface area contributed by atoms with E-state index < -0.39 is 5.97 Å². The lowest BCUT2D eigenvalue weighted by atomic mass is 10.1. The van der Waals surface area contributed by atoms with Gasteiger partial charge in [0.05, 0.1) is 33.6 Å². The van der Waals surface area contributed by atoms with Gasteiger partial charge in [-0.15, -0.1) is 0 Å². The summed E-state index contributed by atoms with van der Waals surface area (Å²) < 4.78 is 23.3. The highest BCUT2D eigenvalue weighted by molar-refractivity contribution is 6.11. The topological polar surface area (TPSA) is 88.0 Å². The molecule has 0 fully saturated rings. The molecular formula is C30H30N2O6. The largest absolute Gasteiger partial charge is 0.497 e. The van der Waals surface area contributed by atoms with Gasteiger partial charge in [-0.2, -0.15) is 0 Å². The number of hydrogen-bond donors (Lipinski definition) is 1. The summed E-state index contributed by atoms with van der Waals surface area (Å²) >= 11 is 0. The van der Waals surface area contributed by atoms with Gasteiger partial charge < -0.3 is 28.8 Å². The first-order valence-corrected chi connectivity index (χ1v) is 12.1. The first-order chi connectivity index (χ1) is 18.5. The Morgan fingerprint density at radius 3 is 2.18 bits per heavy atom. The van der Waals surface area contributed by atoms with Crippen molar-refractivity contribution in [2.45, 2.75) is 13.5 Å². The van der Waals surface area contributed by atoms with Crippen molar-refractivity contribution >= 4 is 17.6 Å². The fourth-order valence-corrected chi connectivity index (χ4v) is 4.16. The minimum absolute atomic E-state index is 0.187. The van der Waals surface area contributed by atoms with Gasteiger partial charge in [-0.05, 0) is 54.4 Å². The molecule has 0 saturated heterocycles. The summed E-state index contributed by atoms with van der Waals surface area (Å²) in [5.41, 5.74) is 3.33. The van der Waals surface area contributed by atoms with Crippen LogP contribution in [0.3, 0.4) is 0 Å². The number of aromatic nitrogens is 1. The summed E-state index contributed by atoms with van der Waals surface area (Å²) in [5.74, 6) is 0.798. The first-order valence-electron chi connectivity index (χ1n) is 12.1. The average Bonchev–Trinajstić information content (AvgIpc) is 3.30. The maximum atomic E-state index is 13.4. The molecule has 3 aromatic carbocycles. The second kappa shape index (κ2) is 12.0. The maximum absolute atomic E-state index is 13.4. The third kappa shape index (κ3) is 5.64. The summed E-state index contributed by atoms with van der Waals surface area (Å²) in [6.45, 7) is 2.33. The van der Waals surface area contributed by atoms with Crippen molar-refractivity contribution in [3.05, 3.63) is 95.8 Å². The minimum atomic E-state index is -0.541. The van der Waals surface area contributed by atoms with Crippen molar-refractivity contribution in [1.82, 2.24) is 4.57 Å². The number of hydrogen-bond acceptors (Lipinski definition) is 6. The fraction of sp³-hybridized carbons (Fsp3) is 0.200. The van der Waals surface area contributed by atoms with Gasteiger partial charge in [0.15, 0.2) is 17.2 Å². The van der Waals surface area contributed by atoms with E-state index in [1.807, 2.05) is 42.6 Å². The number of ether oxygens (including phenoxy) is 4. The van der Waals surface area contributed by atoms with Crippen LogP contribution in [0.2, 0.25) is 0 Å². The second-order valence-corrected chi connectivity index (χ2v) is 8.35. The van der Waals surface area contributed by atoms with Crippen LogP contribution in [0.1, 0.15) is 33.3 Å². The zero-order chi connectivity index (χ0) is 27.1. The van der Waals surface area contributed by atoms with Gasteiger partial charge in [0.1, 0.15) is 5.75 Å². The van der Waals surface area contributed by atoms with Crippen molar-refractivity contribution in [2.75, 3.05) is 33.3 Å². The quantitative estimate of drug-likeness (QED) is 0.275. The summed E-state index contributed by atoms with van der Waals surface area (Å²) in [6, 6.07) is 21.9. The van der Waals surface area contributed by atoms with Crippen molar-refractivity contribution in [2.24, 2.45) is 0 Å². The summed E-state index contributed by atoms with van der Waals surface area (Å²) in [5, 5.41) is 2.97. The van der Waals surface area contributed by atoms with Gasteiger partial charge in [0, 0.05) is 23.9 Å². The molecule has 8 nitrogen and oxygen atoms in total. The van der Waals surface area contributed by atoms with Crippen LogP contribution in [0.5, 0.6) is 17.2 Å². The number of anilines is 1. The molecule has 0 unspecified atom stereocenters. The maximum Gasteiger partial charge on any atom is 0.357 e. The van der Waals surface area contributed by atoms with Gasteiger partial charge in [0.25, 0.3) is 5.91 Å². The van der Waals surface area contributed by atoms with E-state index in [1.165, 1.54) is 0 Å². The fourth-order valence-electron chi connectivity index (χ4n) is 4.16. The van der Waals surface area contributed by atoms with E-state index in [4.69, 9.17) is 18.9 Å². The normalized spacial score (nSPS) is 10.5. The number of rotatable bonds is 10. The van der Waals surface area contributed by atoms with Crippen LogP contribution in [-0.4, -0.2) is 44.4 Å². The molecule has 8 heteroatoms. The molecule has 38 heavy (non-hydrogen) atoms. The van der Waals surface area contributed by atoms with Gasteiger partial charge in [-0.25, -0.2) is 4.79 Å². The number of carbonyl (C=O) groups is 2. The number of benzene rings is 3. The van der Waals surface area contributed by atoms with Crippen LogP contribution in [0.25, 0.3) is 11.1 Å². The van der Waals surface area contributed by atoms with Crippen molar-refractivity contribution in [3.8, 4) is 28.4 Å². The number of amides is 1. The van der Waals surface area contributed by atoms with Crippen LogP contribution in [0, 0.1) is 0 Å². The minimum Gasteiger partial charge on any atom is -0.497 e. The van der Waals surface area contributed by atoms with E-state index in [-0.39, 0.29) is 18.2 Å². The molecule has 1 heterocycles. The van der Waals surface area contributed by atoms with Gasteiger partial charge in [-0.1, -0.05) is 36.4 Å². The van der Waals surface area contributed by atoms with Crippen LogP contribution in [-0.2, 0) is 11.3 Å². The Bertz CT molecular complexity index is 1410. The average molecular weight is 515 g/mol. The molecule has 4 aromatic rings. The molecule has 1 aromatic heterocycles. The van der Waals surface area contributed by atoms with Gasteiger partial charge >= 0.3 is 5.97 Å². The van der Waals surface area contributed by atoms with Crippen molar-refractivity contribution < 1.29 is 28.5 Å². The number of nitrogens with one attached hydrogen (secondary N) is 1. The standard InChI is InChI=1S/C30H30N2O6/c1-5-38-30(34)28-27(31-29(33)21-11-14-23(35-2)15-12-21)24(19-32(28)18-20-9-7-6-8-10-20)22-13-16-25(36-3)26(17-22)37-4/h6-17,19H,5,18H2,1-4H3,(H,31,33). The zero-order valence-corrected chi connectivity index (χ0v) is 21.8. The Kier molecular flexibility index (Phi) is 8.33. The van der Waals surface area contributed by atoms with Crippen LogP contribution in [0.15, 0.2) is 79.0 Å². The van der Waals surface area contributed by atoms with E-state index in [9.17, 15) is 9.59 Å². The predicted molar refractivity (Wildman–Crippen MR) is 145 cm³/mol. The molecule has 0 aliphatic heterocycles. The number of carbonyl (C=O) groups excluding carboxylic acids is 2. The van der Waals surface area contributed by atoms with Crippen LogP contribution in [0.4, 0.5) is 5.69 Å². The summed E-state index contributed by atoms with van der Waals surface area (Å²) in [6.07, 6.45) is 1.84. The Hall–Kier alpha value is -4.72. The molecule has 1 amide bonds. The van der Waals surface area contributed by atoms with E-state index in [0.717, 1.165) is 11.1 Å². The molecule has 196 valence electrons. The van der Waals surface area contributed by atoms with Crippen LogP contribution >= 0.6 is 0 Å².